The van der Waals surface area contributed by atoms with Gasteiger partial charge < -0.3 is 19.5 Å². The molecule has 2 heterocycles. The van der Waals surface area contributed by atoms with Crippen LogP contribution in [0.4, 0.5) is 5.82 Å². The zero-order valence-corrected chi connectivity index (χ0v) is 21.7. The van der Waals surface area contributed by atoms with E-state index in [0.29, 0.717) is 53.7 Å². The number of benzene rings is 3. The number of hydrogen-bond acceptors (Lipinski definition) is 6. The monoisotopic (exact) mass is 523 g/mol. The number of nitrogens with one attached hydrogen (secondary N) is 3. The van der Waals surface area contributed by atoms with Gasteiger partial charge in [0.25, 0.3) is 5.56 Å². The van der Waals surface area contributed by atoms with Gasteiger partial charge >= 0.3 is 0 Å². The highest BCUT2D eigenvalue weighted by atomic mass is 16.5. The van der Waals surface area contributed by atoms with E-state index < -0.39 is 5.92 Å². The highest BCUT2D eigenvalue weighted by Gasteiger charge is 2.40. The summed E-state index contributed by atoms with van der Waals surface area (Å²) in [6.45, 7) is 0.423. The molecular weight excluding hydrogens is 494 g/mol. The molecule has 0 saturated heterocycles. The molecule has 6 rings (SSSR count). The molecule has 0 saturated carbocycles. The summed E-state index contributed by atoms with van der Waals surface area (Å²) < 4.78 is 16.9. The van der Waals surface area contributed by atoms with Gasteiger partial charge in [0.1, 0.15) is 18.2 Å². The average molecular weight is 524 g/mol. The molecule has 3 N–H and O–H groups in total. The summed E-state index contributed by atoms with van der Waals surface area (Å²) in [5.74, 6) is 1.99. The maximum absolute atomic E-state index is 13.8. The number of Topliss-reactive ketones (excluding diaryl/α,β-unsaturated/α-hetero) is 1. The molecule has 1 aliphatic carbocycles. The number of fused-ring (bicyclic) bond motifs is 1. The van der Waals surface area contributed by atoms with Crippen molar-refractivity contribution in [3.8, 4) is 17.2 Å². The minimum Gasteiger partial charge on any atom is -0.493 e. The number of ketones is 1. The van der Waals surface area contributed by atoms with Crippen molar-refractivity contribution in [1.82, 2.24) is 10.2 Å². The summed E-state index contributed by atoms with van der Waals surface area (Å²) in [5.41, 5.74) is 4.59. The predicted molar refractivity (Wildman–Crippen MR) is 148 cm³/mol. The second-order valence-corrected chi connectivity index (χ2v) is 9.81. The Morgan fingerprint density at radius 3 is 2.44 bits per heavy atom. The molecule has 0 fully saturated rings. The van der Waals surface area contributed by atoms with Crippen LogP contribution in [0.2, 0.25) is 0 Å². The lowest BCUT2D eigenvalue weighted by Crippen LogP contribution is -2.31. The summed E-state index contributed by atoms with van der Waals surface area (Å²) in [6, 6.07) is 23.4. The van der Waals surface area contributed by atoms with E-state index in [-0.39, 0.29) is 17.3 Å². The largest absolute Gasteiger partial charge is 0.493 e. The van der Waals surface area contributed by atoms with Crippen LogP contribution < -0.4 is 25.1 Å². The Labute approximate surface area is 225 Å². The van der Waals surface area contributed by atoms with E-state index in [9.17, 15) is 9.59 Å². The van der Waals surface area contributed by atoms with Gasteiger partial charge in [0, 0.05) is 23.6 Å². The molecule has 2 aliphatic rings. The van der Waals surface area contributed by atoms with Gasteiger partial charge in [-0.3, -0.25) is 19.8 Å². The van der Waals surface area contributed by atoms with Crippen molar-refractivity contribution in [2.24, 2.45) is 0 Å². The van der Waals surface area contributed by atoms with Gasteiger partial charge in [-0.25, -0.2) is 0 Å². The molecule has 0 radical (unpaired) electrons. The van der Waals surface area contributed by atoms with Gasteiger partial charge in [0.05, 0.1) is 19.8 Å². The van der Waals surface area contributed by atoms with E-state index in [1.165, 1.54) is 0 Å². The number of carbonyl (C=O) groups is 1. The van der Waals surface area contributed by atoms with E-state index in [0.717, 1.165) is 22.4 Å². The second-order valence-electron chi connectivity index (χ2n) is 9.81. The number of allylic oxidation sites excluding steroid dienone is 2. The fourth-order valence-corrected chi connectivity index (χ4v) is 5.62. The molecule has 0 amide bonds. The number of rotatable bonds is 7. The Balaban J connectivity index is 1.35. The Bertz CT molecular complexity index is 1620. The van der Waals surface area contributed by atoms with Crippen LogP contribution in [-0.2, 0) is 11.4 Å². The van der Waals surface area contributed by atoms with E-state index in [1.54, 1.807) is 14.2 Å². The highest BCUT2D eigenvalue weighted by Crippen LogP contribution is 2.47. The minimum atomic E-state index is -0.509. The lowest BCUT2D eigenvalue weighted by molar-refractivity contribution is -0.116. The van der Waals surface area contributed by atoms with Gasteiger partial charge in [-0.15, -0.1) is 0 Å². The quantitative estimate of drug-likeness (QED) is 0.305. The zero-order chi connectivity index (χ0) is 26.9. The normalized spacial score (nSPS) is 18.2. The van der Waals surface area contributed by atoms with Gasteiger partial charge in [-0.1, -0.05) is 48.5 Å². The highest BCUT2D eigenvalue weighted by molar-refractivity contribution is 6.01. The molecule has 0 spiro atoms. The van der Waals surface area contributed by atoms with E-state index >= 15 is 0 Å². The van der Waals surface area contributed by atoms with E-state index in [1.807, 2.05) is 72.8 Å². The number of anilines is 1. The molecule has 1 aliphatic heterocycles. The van der Waals surface area contributed by atoms with Gasteiger partial charge in [-0.2, -0.15) is 0 Å². The van der Waals surface area contributed by atoms with Gasteiger partial charge in [-0.05, 0) is 53.3 Å². The summed E-state index contributed by atoms with van der Waals surface area (Å²) in [4.78, 5) is 26.7. The van der Waals surface area contributed by atoms with Crippen molar-refractivity contribution < 1.29 is 19.0 Å². The Kier molecular flexibility index (Phi) is 6.44. The minimum absolute atomic E-state index is 0.00962. The summed E-state index contributed by atoms with van der Waals surface area (Å²) in [7, 11) is 3.20. The fraction of sp³-hybridized carbons (Fsp3) is 0.226. The lowest BCUT2D eigenvalue weighted by Gasteiger charge is -2.34. The first kappa shape index (κ1) is 24.6. The number of H-pyrrole nitrogens is 2. The smallest absolute Gasteiger partial charge is 0.270 e. The number of aromatic nitrogens is 2. The number of carbonyl (C=O) groups excluding carboxylic acids is 1. The Morgan fingerprint density at radius 2 is 1.64 bits per heavy atom. The van der Waals surface area contributed by atoms with Crippen LogP contribution in [0.1, 0.15) is 46.9 Å². The first-order valence-electron chi connectivity index (χ1n) is 12.9. The standard InChI is InChI=1S/C31H29N3O5/c1-37-25-12-11-19(16-26(25)38-2)21-14-23-28(24(35)15-21)27(29-30(32-23)33-34-31(29)36)20-9-6-10-22(13-20)39-17-18-7-4-3-5-8-18/h3-13,16,21,27H,14-15,17H2,1-2H3,(H3,32,33,34,36)/t21-,27-/m0/s1. The average Bonchev–Trinajstić information content (AvgIpc) is 3.35. The van der Waals surface area contributed by atoms with Crippen molar-refractivity contribution in [2.75, 3.05) is 19.5 Å². The first-order valence-corrected chi connectivity index (χ1v) is 12.9. The Hall–Kier alpha value is -4.72. The van der Waals surface area contributed by atoms with Crippen LogP contribution >= 0.6 is 0 Å². The van der Waals surface area contributed by atoms with E-state index in [4.69, 9.17) is 14.2 Å². The maximum Gasteiger partial charge on any atom is 0.270 e. The number of hydrogen-bond donors (Lipinski definition) is 3. The topological polar surface area (TPSA) is 105 Å². The molecule has 198 valence electrons. The number of ether oxygens (including phenoxy) is 3. The molecule has 0 unspecified atom stereocenters. The van der Waals surface area contributed by atoms with Crippen LogP contribution in [-0.4, -0.2) is 30.2 Å². The molecule has 39 heavy (non-hydrogen) atoms. The van der Waals surface area contributed by atoms with Gasteiger partial charge in [0.15, 0.2) is 17.3 Å². The third-order valence-corrected chi connectivity index (χ3v) is 7.49. The molecule has 3 aromatic carbocycles. The van der Waals surface area contributed by atoms with Crippen molar-refractivity contribution >= 4 is 11.6 Å². The van der Waals surface area contributed by atoms with Crippen molar-refractivity contribution in [3.05, 3.63) is 117 Å². The van der Waals surface area contributed by atoms with Crippen LogP contribution in [0.3, 0.4) is 0 Å². The SMILES string of the molecule is COc1ccc([C@@H]2CC(=O)C3=C(C2)Nc2[nH][nH]c(=O)c2[C@H]3c2cccc(OCc3ccccc3)c2)cc1OC. The van der Waals surface area contributed by atoms with Crippen LogP contribution in [0.25, 0.3) is 0 Å². The van der Waals surface area contributed by atoms with Crippen molar-refractivity contribution in [2.45, 2.75) is 31.3 Å². The molecule has 1 aromatic heterocycles. The van der Waals surface area contributed by atoms with Crippen LogP contribution in [0.5, 0.6) is 17.2 Å². The molecule has 4 aromatic rings. The van der Waals surface area contributed by atoms with Crippen molar-refractivity contribution in [1.29, 1.82) is 0 Å². The Morgan fingerprint density at radius 1 is 0.821 bits per heavy atom. The van der Waals surface area contributed by atoms with Crippen LogP contribution in [0.15, 0.2) is 88.9 Å². The third kappa shape index (κ3) is 4.58. The van der Waals surface area contributed by atoms with E-state index in [2.05, 4.69) is 15.5 Å². The van der Waals surface area contributed by atoms with Crippen LogP contribution in [0, 0.1) is 0 Å². The van der Waals surface area contributed by atoms with Gasteiger partial charge in [0.2, 0.25) is 0 Å². The molecule has 2 atom stereocenters. The fourth-order valence-electron chi connectivity index (χ4n) is 5.62. The van der Waals surface area contributed by atoms with Crippen molar-refractivity contribution in [3.63, 3.8) is 0 Å². The lowest BCUT2D eigenvalue weighted by atomic mass is 9.73. The third-order valence-electron chi connectivity index (χ3n) is 7.49. The maximum atomic E-state index is 13.8. The second kappa shape index (κ2) is 10.2. The molecule has 8 heteroatoms. The number of aromatic amines is 2. The summed E-state index contributed by atoms with van der Waals surface area (Å²) in [6.07, 6.45) is 0.943. The zero-order valence-electron chi connectivity index (χ0n) is 21.7. The number of methoxy groups -OCH3 is 2. The molecule has 0 bridgehead atoms. The predicted octanol–water partition coefficient (Wildman–Crippen LogP) is 5.26. The molecular formula is C31H29N3O5. The summed E-state index contributed by atoms with van der Waals surface area (Å²) in [5, 5.41) is 9.00. The first-order chi connectivity index (χ1) is 19.1. The molecule has 8 nitrogen and oxygen atoms in total. The summed E-state index contributed by atoms with van der Waals surface area (Å²) >= 11 is 0.